The average molecular weight is 347 g/mol. The quantitative estimate of drug-likeness (QED) is 0.349. The Bertz CT molecular complexity index is 537. The van der Waals surface area contributed by atoms with E-state index in [1.165, 1.54) is 5.57 Å². The van der Waals surface area contributed by atoms with Gasteiger partial charge in [0.05, 0.1) is 6.61 Å². The van der Waals surface area contributed by atoms with Gasteiger partial charge in [-0.3, -0.25) is 4.79 Å². The fraction of sp³-hybridized carbons (Fsp3) is 0.619. The van der Waals surface area contributed by atoms with Crippen molar-refractivity contribution in [2.24, 2.45) is 0 Å². The van der Waals surface area contributed by atoms with Gasteiger partial charge in [0, 0.05) is 24.7 Å². The first-order chi connectivity index (χ1) is 11.9. The Morgan fingerprint density at radius 1 is 0.960 bits per heavy atom. The van der Waals surface area contributed by atoms with Crippen LogP contribution in [0.4, 0.5) is 0 Å². The summed E-state index contributed by atoms with van der Waals surface area (Å²) in [5, 5.41) is 0. The maximum atomic E-state index is 12.2. The van der Waals surface area contributed by atoms with Crippen LogP contribution in [0.15, 0.2) is 34.9 Å². The second-order valence-corrected chi connectivity index (χ2v) is 6.76. The zero-order valence-corrected chi connectivity index (χ0v) is 16.3. The molecule has 1 saturated heterocycles. The molecule has 1 amide bonds. The van der Waals surface area contributed by atoms with Crippen LogP contribution in [-0.4, -0.2) is 36.5 Å². The van der Waals surface area contributed by atoms with Gasteiger partial charge in [-0.1, -0.05) is 23.3 Å². The van der Waals surface area contributed by atoms with Crippen molar-refractivity contribution in [2.75, 3.05) is 19.7 Å². The standard InChI is InChI=1S/C21H33NO3/c1-5-25-20(23)16-18(3)12-8-10-17(2)11-9-13-19(4)21(24)22-14-6-7-15-22/h10,13,16H,5-9,11-12,14-15H2,1-4H3/b17-10+,18-16+,19-13+. The van der Waals surface area contributed by atoms with E-state index in [9.17, 15) is 9.59 Å². The highest BCUT2D eigenvalue weighted by Gasteiger charge is 2.18. The number of carbonyl (C=O) groups is 2. The largest absolute Gasteiger partial charge is 0.463 e. The van der Waals surface area contributed by atoms with E-state index in [0.717, 1.165) is 62.8 Å². The molecule has 0 saturated carbocycles. The van der Waals surface area contributed by atoms with Gasteiger partial charge in [-0.2, -0.15) is 0 Å². The lowest BCUT2D eigenvalue weighted by Crippen LogP contribution is -2.28. The van der Waals surface area contributed by atoms with E-state index >= 15 is 0 Å². The molecule has 0 N–H and O–H groups in total. The van der Waals surface area contributed by atoms with E-state index in [2.05, 4.69) is 19.1 Å². The van der Waals surface area contributed by atoms with Crippen LogP contribution in [0.5, 0.6) is 0 Å². The molecular weight excluding hydrogens is 314 g/mol. The van der Waals surface area contributed by atoms with Crippen molar-refractivity contribution in [3.8, 4) is 0 Å². The van der Waals surface area contributed by atoms with Gasteiger partial charge in [0.1, 0.15) is 0 Å². The fourth-order valence-electron chi connectivity index (χ4n) is 2.88. The summed E-state index contributed by atoms with van der Waals surface area (Å²) in [7, 11) is 0. The van der Waals surface area contributed by atoms with Gasteiger partial charge < -0.3 is 9.64 Å². The normalized spacial score (nSPS) is 16.3. The van der Waals surface area contributed by atoms with Crippen molar-refractivity contribution >= 4 is 11.9 Å². The second-order valence-electron chi connectivity index (χ2n) is 6.76. The predicted molar refractivity (Wildman–Crippen MR) is 102 cm³/mol. The third-order valence-corrected chi connectivity index (χ3v) is 4.40. The van der Waals surface area contributed by atoms with Crippen molar-refractivity contribution in [3.63, 3.8) is 0 Å². The van der Waals surface area contributed by atoms with Crippen LogP contribution in [0.2, 0.25) is 0 Å². The molecule has 1 rings (SSSR count). The van der Waals surface area contributed by atoms with Gasteiger partial charge in [0.15, 0.2) is 0 Å². The first-order valence-corrected chi connectivity index (χ1v) is 9.39. The Kier molecular flexibility index (Phi) is 9.90. The monoisotopic (exact) mass is 347 g/mol. The first kappa shape index (κ1) is 21.2. The molecule has 0 spiro atoms. The highest BCUT2D eigenvalue weighted by molar-refractivity contribution is 5.92. The van der Waals surface area contributed by atoms with Crippen LogP contribution in [0.25, 0.3) is 0 Å². The van der Waals surface area contributed by atoms with Crippen LogP contribution in [-0.2, 0) is 14.3 Å². The lowest BCUT2D eigenvalue weighted by Gasteiger charge is -2.15. The Balaban J connectivity index is 2.31. The van der Waals surface area contributed by atoms with Crippen molar-refractivity contribution in [2.45, 2.75) is 66.2 Å². The third-order valence-electron chi connectivity index (χ3n) is 4.40. The zero-order chi connectivity index (χ0) is 18.7. The van der Waals surface area contributed by atoms with E-state index < -0.39 is 0 Å². The minimum Gasteiger partial charge on any atom is -0.463 e. The predicted octanol–water partition coefficient (Wildman–Crippen LogP) is 4.57. The summed E-state index contributed by atoms with van der Waals surface area (Å²) < 4.78 is 4.90. The highest BCUT2D eigenvalue weighted by Crippen LogP contribution is 2.14. The van der Waals surface area contributed by atoms with Crippen LogP contribution >= 0.6 is 0 Å². The zero-order valence-electron chi connectivity index (χ0n) is 16.3. The maximum Gasteiger partial charge on any atom is 0.330 e. The van der Waals surface area contributed by atoms with Crippen molar-refractivity contribution in [1.82, 2.24) is 4.90 Å². The molecule has 0 radical (unpaired) electrons. The van der Waals surface area contributed by atoms with Gasteiger partial charge in [-0.05, 0) is 66.2 Å². The second kappa shape index (κ2) is 11.7. The number of likely N-dealkylation sites (tertiary alicyclic amines) is 1. The number of carbonyl (C=O) groups excluding carboxylic acids is 2. The van der Waals surface area contributed by atoms with Gasteiger partial charge in [-0.25, -0.2) is 4.79 Å². The van der Waals surface area contributed by atoms with Crippen LogP contribution in [0, 0.1) is 0 Å². The summed E-state index contributed by atoms with van der Waals surface area (Å²) in [5.74, 6) is -0.0668. The number of hydrogen-bond donors (Lipinski definition) is 0. The lowest BCUT2D eigenvalue weighted by atomic mass is 10.1. The van der Waals surface area contributed by atoms with Crippen LogP contribution < -0.4 is 0 Å². The van der Waals surface area contributed by atoms with E-state index in [4.69, 9.17) is 4.74 Å². The average Bonchev–Trinajstić information content (AvgIpc) is 3.08. The molecule has 1 aliphatic heterocycles. The summed E-state index contributed by atoms with van der Waals surface area (Å²) in [6.07, 6.45) is 11.7. The number of hydrogen-bond acceptors (Lipinski definition) is 3. The molecule has 4 nitrogen and oxygen atoms in total. The minimum atomic E-state index is -0.260. The number of amides is 1. The molecule has 0 bridgehead atoms. The van der Waals surface area contributed by atoms with Crippen LogP contribution in [0.1, 0.15) is 66.2 Å². The highest BCUT2D eigenvalue weighted by atomic mass is 16.5. The number of rotatable bonds is 9. The smallest absolute Gasteiger partial charge is 0.330 e. The summed E-state index contributed by atoms with van der Waals surface area (Å²) >= 11 is 0. The summed E-state index contributed by atoms with van der Waals surface area (Å²) in [6.45, 7) is 10.0. The molecule has 1 aliphatic rings. The molecule has 25 heavy (non-hydrogen) atoms. The number of esters is 1. The van der Waals surface area contributed by atoms with E-state index in [0.29, 0.717) is 6.61 Å². The number of ether oxygens (including phenoxy) is 1. The third kappa shape index (κ3) is 8.71. The Hall–Kier alpha value is -1.84. The van der Waals surface area contributed by atoms with Crippen LogP contribution in [0.3, 0.4) is 0 Å². The number of nitrogens with zero attached hydrogens (tertiary/aromatic N) is 1. The molecule has 0 aromatic rings. The van der Waals surface area contributed by atoms with E-state index in [1.807, 2.05) is 25.7 Å². The first-order valence-electron chi connectivity index (χ1n) is 9.39. The topological polar surface area (TPSA) is 46.6 Å². The SMILES string of the molecule is CCOC(=O)/C=C(\C)CC/C=C(\C)CC/C=C(\C)C(=O)N1CCCC1. The molecule has 0 atom stereocenters. The lowest BCUT2D eigenvalue weighted by molar-refractivity contribution is -0.137. The molecule has 0 aromatic carbocycles. The summed E-state index contributed by atoms with van der Waals surface area (Å²) in [4.78, 5) is 25.5. The van der Waals surface area contributed by atoms with Gasteiger partial charge in [-0.15, -0.1) is 0 Å². The number of allylic oxidation sites excluding steroid dienone is 4. The molecule has 0 aromatic heterocycles. The molecule has 0 aliphatic carbocycles. The Morgan fingerprint density at radius 2 is 1.56 bits per heavy atom. The van der Waals surface area contributed by atoms with Gasteiger partial charge >= 0.3 is 5.97 Å². The minimum absolute atomic E-state index is 0.193. The Labute approximate surface area is 152 Å². The Morgan fingerprint density at radius 3 is 2.20 bits per heavy atom. The molecule has 1 fully saturated rings. The van der Waals surface area contributed by atoms with Crippen molar-refractivity contribution in [3.05, 3.63) is 34.9 Å². The molecule has 4 heteroatoms. The molecule has 140 valence electrons. The summed E-state index contributed by atoms with van der Waals surface area (Å²) in [6, 6.07) is 0. The van der Waals surface area contributed by atoms with E-state index in [-0.39, 0.29) is 11.9 Å². The fourth-order valence-corrected chi connectivity index (χ4v) is 2.88. The van der Waals surface area contributed by atoms with Crippen molar-refractivity contribution in [1.29, 1.82) is 0 Å². The summed E-state index contributed by atoms with van der Waals surface area (Å²) in [5.41, 5.74) is 3.22. The van der Waals surface area contributed by atoms with Gasteiger partial charge in [0.2, 0.25) is 5.91 Å². The molecule has 1 heterocycles. The molecular formula is C21H33NO3. The van der Waals surface area contributed by atoms with E-state index in [1.54, 1.807) is 6.08 Å². The maximum absolute atomic E-state index is 12.2. The van der Waals surface area contributed by atoms with Crippen molar-refractivity contribution < 1.29 is 14.3 Å². The molecule has 0 unspecified atom stereocenters. The van der Waals surface area contributed by atoms with Gasteiger partial charge in [0.25, 0.3) is 0 Å².